The molecule has 1 aromatic rings. The fourth-order valence-electron chi connectivity index (χ4n) is 2.99. The lowest BCUT2D eigenvalue weighted by atomic mass is 9.93. The zero-order valence-electron chi connectivity index (χ0n) is 12.3. The van der Waals surface area contributed by atoms with Crippen LogP contribution in [-0.4, -0.2) is 22.6 Å². The van der Waals surface area contributed by atoms with Crippen LogP contribution in [0.25, 0.3) is 0 Å². The summed E-state index contributed by atoms with van der Waals surface area (Å²) in [5.74, 6) is 3.34. The van der Waals surface area contributed by atoms with Gasteiger partial charge in [0.15, 0.2) is 0 Å². The first-order valence-corrected chi connectivity index (χ1v) is 7.57. The zero-order valence-corrected chi connectivity index (χ0v) is 12.3. The molecule has 19 heavy (non-hydrogen) atoms. The maximum Gasteiger partial charge on any atom is 0.147 e. The van der Waals surface area contributed by atoms with Crippen molar-refractivity contribution in [3.8, 4) is 0 Å². The molecule has 1 aromatic heterocycles. The van der Waals surface area contributed by atoms with Crippen LogP contribution in [0.15, 0.2) is 12.4 Å². The second-order valence-corrected chi connectivity index (χ2v) is 5.57. The van der Waals surface area contributed by atoms with Crippen molar-refractivity contribution in [3.05, 3.63) is 12.4 Å². The molecule has 0 saturated heterocycles. The van der Waals surface area contributed by atoms with Gasteiger partial charge in [0.2, 0.25) is 0 Å². The van der Waals surface area contributed by atoms with E-state index in [2.05, 4.69) is 41.4 Å². The third kappa shape index (κ3) is 3.58. The molecule has 2 N–H and O–H groups in total. The Morgan fingerprint density at radius 1 is 1.21 bits per heavy atom. The monoisotopic (exact) mass is 262 g/mol. The Labute approximate surface area is 116 Å². The molecule has 0 spiro atoms. The first-order valence-electron chi connectivity index (χ1n) is 7.57. The average molecular weight is 262 g/mol. The highest BCUT2D eigenvalue weighted by Crippen LogP contribution is 2.35. The number of nitrogens with one attached hydrogen (secondary N) is 2. The van der Waals surface area contributed by atoms with Crippen LogP contribution in [0.4, 0.5) is 11.6 Å². The van der Waals surface area contributed by atoms with Crippen molar-refractivity contribution in [3.63, 3.8) is 0 Å². The van der Waals surface area contributed by atoms with E-state index < -0.39 is 0 Å². The molecule has 0 bridgehead atoms. The van der Waals surface area contributed by atoms with Crippen LogP contribution in [0.3, 0.4) is 0 Å². The molecule has 1 fully saturated rings. The Hall–Kier alpha value is -1.32. The molecule has 3 unspecified atom stereocenters. The van der Waals surface area contributed by atoms with Crippen molar-refractivity contribution in [2.75, 3.05) is 17.2 Å². The van der Waals surface area contributed by atoms with Gasteiger partial charge >= 0.3 is 0 Å². The lowest BCUT2D eigenvalue weighted by Crippen LogP contribution is -2.25. The Kier molecular flexibility index (Phi) is 5.00. The topological polar surface area (TPSA) is 49.8 Å². The van der Waals surface area contributed by atoms with Crippen molar-refractivity contribution in [2.45, 2.75) is 52.5 Å². The number of aromatic nitrogens is 2. The van der Waals surface area contributed by atoms with E-state index in [-0.39, 0.29) is 0 Å². The Bertz CT molecular complexity index is 393. The number of anilines is 2. The number of hydrogen-bond donors (Lipinski definition) is 2. The minimum atomic E-state index is 0.542. The summed E-state index contributed by atoms with van der Waals surface area (Å²) in [5.41, 5.74) is 0. The van der Waals surface area contributed by atoms with Gasteiger partial charge in [0.1, 0.15) is 11.6 Å². The van der Waals surface area contributed by atoms with Crippen LogP contribution >= 0.6 is 0 Å². The van der Waals surface area contributed by atoms with Gasteiger partial charge in [-0.2, -0.15) is 0 Å². The van der Waals surface area contributed by atoms with Crippen LogP contribution in [0.1, 0.15) is 46.5 Å². The van der Waals surface area contributed by atoms with Gasteiger partial charge in [0.25, 0.3) is 0 Å². The van der Waals surface area contributed by atoms with Gasteiger partial charge in [0, 0.05) is 12.6 Å². The zero-order chi connectivity index (χ0) is 13.7. The standard InChI is InChI=1S/C15H26N4/c1-4-8-17-14-9-16-10-15(19-14)18-13-7-6-12(5-2)11(13)3/h9-13H,4-8H2,1-3H3,(H2,17,18,19). The lowest BCUT2D eigenvalue weighted by Gasteiger charge is -2.21. The molecule has 1 aliphatic carbocycles. The number of hydrogen-bond acceptors (Lipinski definition) is 4. The van der Waals surface area contributed by atoms with Gasteiger partial charge in [-0.25, -0.2) is 4.98 Å². The molecule has 3 atom stereocenters. The first kappa shape index (κ1) is 14.1. The smallest absolute Gasteiger partial charge is 0.147 e. The van der Waals surface area contributed by atoms with Gasteiger partial charge in [-0.3, -0.25) is 4.98 Å². The highest BCUT2D eigenvalue weighted by atomic mass is 15.1. The number of nitrogens with zero attached hydrogens (tertiary/aromatic N) is 2. The summed E-state index contributed by atoms with van der Waals surface area (Å²) in [5, 5.41) is 6.84. The fourth-order valence-corrected chi connectivity index (χ4v) is 2.99. The van der Waals surface area contributed by atoms with Gasteiger partial charge in [-0.1, -0.05) is 27.2 Å². The molecular formula is C15H26N4. The largest absolute Gasteiger partial charge is 0.369 e. The molecule has 4 heteroatoms. The molecule has 0 aromatic carbocycles. The van der Waals surface area contributed by atoms with Crippen molar-refractivity contribution >= 4 is 11.6 Å². The summed E-state index contributed by atoms with van der Waals surface area (Å²) in [6.45, 7) is 7.73. The Balaban J connectivity index is 1.95. The maximum absolute atomic E-state index is 4.57. The quantitative estimate of drug-likeness (QED) is 0.823. The molecule has 0 radical (unpaired) electrons. The molecule has 2 rings (SSSR count). The van der Waals surface area contributed by atoms with Gasteiger partial charge < -0.3 is 10.6 Å². The summed E-state index contributed by atoms with van der Waals surface area (Å²) in [7, 11) is 0. The van der Waals surface area contributed by atoms with Gasteiger partial charge in [0.05, 0.1) is 12.4 Å². The van der Waals surface area contributed by atoms with E-state index in [1.165, 1.54) is 19.3 Å². The van der Waals surface area contributed by atoms with E-state index in [9.17, 15) is 0 Å². The van der Waals surface area contributed by atoms with E-state index in [0.717, 1.165) is 36.4 Å². The summed E-state index contributed by atoms with van der Waals surface area (Å²) >= 11 is 0. The average Bonchev–Trinajstić information content (AvgIpc) is 2.78. The summed E-state index contributed by atoms with van der Waals surface area (Å²) < 4.78 is 0. The van der Waals surface area contributed by atoms with Crippen molar-refractivity contribution in [1.82, 2.24) is 9.97 Å². The molecule has 106 valence electrons. The van der Waals surface area contributed by atoms with Crippen molar-refractivity contribution in [1.29, 1.82) is 0 Å². The minimum absolute atomic E-state index is 0.542. The molecular weight excluding hydrogens is 236 g/mol. The second kappa shape index (κ2) is 6.73. The van der Waals surface area contributed by atoms with Crippen molar-refractivity contribution in [2.24, 2.45) is 11.8 Å². The minimum Gasteiger partial charge on any atom is -0.369 e. The molecule has 0 amide bonds. The third-order valence-electron chi connectivity index (χ3n) is 4.28. The van der Waals surface area contributed by atoms with Crippen LogP contribution < -0.4 is 10.6 Å². The van der Waals surface area contributed by atoms with Crippen LogP contribution in [-0.2, 0) is 0 Å². The van der Waals surface area contributed by atoms with Crippen LogP contribution in [0.2, 0.25) is 0 Å². The Morgan fingerprint density at radius 3 is 2.68 bits per heavy atom. The van der Waals surface area contributed by atoms with E-state index >= 15 is 0 Å². The first-order chi connectivity index (χ1) is 9.24. The highest BCUT2D eigenvalue weighted by molar-refractivity contribution is 5.42. The molecule has 1 heterocycles. The maximum atomic E-state index is 4.57. The highest BCUT2D eigenvalue weighted by Gasteiger charge is 2.31. The molecule has 4 nitrogen and oxygen atoms in total. The fraction of sp³-hybridized carbons (Fsp3) is 0.733. The predicted molar refractivity (Wildman–Crippen MR) is 80.4 cm³/mol. The van der Waals surface area contributed by atoms with E-state index in [0.29, 0.717) is 6.04 Å². The normalized spacial score (nSPS) is 26.4. The van der Waals surface area contributed by atoms with E-state index in [4.69, 9.17) is 0 Å². The SMILES string of the molecule is CCCNc1cncc(NC2CCC(CC)C2C)n1. The van der Waals surface area contributed by atoms with Crippen LogP contribution in [0.5, 0.6) is 0 Å². The molecule has 1 aliphatic rings. The summed E-state index contributed by atoms with van der Waals surface area (Å²) in [6, 6.07) is 0.542. The van der Waals surface area contributed by atoms with E-state index in [1.54, 1.807) is 6.20 Å². The number of rotatable bonds is 6. The van der Waals surface area contributed by atoms with Gasteiger partial charge in [-0.05, 0) is 31.1 Å². The summed E-state index contributed by atoms with van der Waals surface area (Å²) in [4.78, 5) is 8.83. The third-order valence-corrected chi connectivity index (χ3v) is 4.28. The second-order valence-electron chi connectivity index (χ2n) is 5.57. The molecule has 1 saturated carbocycles. The predicted octanol–water partition coefficient (Wildman–Crippen LogP) is 3.54. The van der Waals surface area contributed by atoms with E-state index in [1.807, 2.05) is 6.20 Å². The molecule has 0 aliphatic heterocycles. The lowest BCUT2D eigenvalue weighted by molar-refractivity contribution is 0.391. The van der Waals surface area contributed by atoms with Crippen molar-refractivity contribution < 1.29 is 0 Å². The van der Waals surface area contributed by atoms with Crippen LogP contribution in [0, 0.1) is 11.8 Å². The summed E-state index contributed by atoms with van der Waals surface area (Å²) in [6.07, 6.45) is 8.56. The Morgan fingerprint density at radius 2 is 2.00 bits per heavy atom. The van der Waals surface area contributed by atoms with Gasteiger partial charge in [-0.15, -0.1) is 0 Å².